The molecule has 4 aromatic heterocycles. The van der Waals surface area contributed by atoms with Crippen molar-refractivity contribution in [2.75, 3.05) is 11.5 Å². The lowest BCUT2D eigenvalue weighted by Crippen LogP contribution is -2.14. The Balaban J connectivity index is 1.24. The molecule has 0 aliphatic heterocycles. The van der Waals surface area contributed by atoms with Crippen LogP contribution in [0.25, 0.3) is 22.3 Å². The van der Waals surface area contributed by atoms with Crippen molar-refractivity contribution in [1.29, 1.82) is 0 Å². The number of nitrogen functional groups attached to an aromatic ring is 2. The second kappa shape index (κ2) is 7.94. The van der Waals surface area contributed by atoms with E-state index >= 15 is 0 Å². The normalized spacial score (nSPS) is 11.1. The van der Waals surface area contributed by atoms with Gasteiger partial charge in [0, 0.05) is 0 Å². The lowest BCUT2D eigenvalue weighted by atomic mass is 10.3. The van der Waals surface area contributed by atoms with Crippen molar-refractivity contribution < 1.29 is 19.1 Å². The first-order chi connectivity index (χ1) is 14.5. The number of esters is 2. The summed E-state index contributed by atoms with van der Waals surface area (Å²) in [6.45, 7) is -0.244. The smallest absolute Gasteiger partial charge is 0.308 e. The van der Waals surface area contributed by atoms with Gasteiger partial charge in [-0.25, -0.2) is 19.9 Å². The monoisotopic (exact) mass is 412 g/mol. The van der Waals surface area contributed by atoms with Crippen molar-refractivity contribution in [2.24, 2.45) is 0 Å². The van der Waals surface area contributed by atoms with E-state index < -0.39 is 11.9 Å². The van der Waals surface area contributed by atoms with Crippen LogP contribution in [-0.2, 0) is 32.5 Å². The third-order valence-corrected chi connectivity index (χ3v) is 4.02. The Kier molecular flexibility index (Phi) is 5.02. The molecule has 0 saturated carbocycles. The minimum atomic E-state index is -0.579. The minimum Gasteiger partial charge on any atom is -0.444 e. The second-order valence-corrected chi connectivity index (χ2v) is 6.09. The van der Waals surface area contributed by atoms with Crippen LogP contribution in [0, 0.1) is 0 Å². The molecule has 30 heavy (non-hydrogen) atoms. The summed E-state index contributed by atoms with van der Waals surface area (Å²) in [6.07, 6.45) is 5.54. The van der Waals surface area contributed by atoms with E-state index in [2.05, 4.69) is 29.9 Å². The fraction of sp³-hybridized carbons (Fsp3) is 0.250. The number of aromatic nitrogens is 8. The average Bonchev–Trinajstić information content (AvgIpc) is 3.32. The van der Waals surface area contributed by atoms with Crippen LogP contribution in [0.5, 0.6) is 0 Å². The van der Waals surface area contributed by atoms with Gasteiger partial charge in [-0.3, -0.25) is 18.7 Å². The summed E-state index contributed by atoms with van der Waals surface area (Å²) in [5.74, 6) is -0.995. The maximum atomic E-state index is 11.9. The van der Waals surface area contributed by atoms with Crippen LogP contribution in [0.3, 0.4) is 0 Å². The molecule has 154 valence electrons. The Bertz CT molecular complexity index is 1140. The van der Waals surface area contributed by atoms with Crippen molar-refractivity contribution in [2.45, 2.75) is 26.3 Å². The maximum Gasteiger partial charge on any atom is 0.308 e. The number of nitrogens with two attached hydrogens (primary N) is 2. The molecule has 14 heteroatoms. The SMILES string of the molecule is Nc1ncc2ncn(COC(=O)CCC(=O)OCn3cnc4cnc(N)nc43)c2n1. The predicted molar refractivity (Wildman–Crippen MR) is 101 cm³/mol. The molecule has 0 radical (unpaired) electrons. The summed E-state index contributed by atoms with van der Waals surface area (Å²) in [6, 6.07) is 0. The zero-order chi connectivity index (χ0) is 21.1. The summed E-state index contributed by atoms with van der Waals surface area (Å²) in [5.41, 5.74) is 13.0. The molecule has 4 aromatic rings. The fourth-order valence-corrected chi connectivity index (χ4v) is 2.56. The van der Waals surface area contributed by atoms with Gasteiger partial charge < -0.3 is 20.9 Å². The zero-order valence-corrected chi connectivity index (χ0v) is 15.5. The van der Waals surface area contributed by atoms with Gasteiger partial charge in [0.05, 0.1) is 37.9 Å². The van der Waals surface area contributed by atoms with Crippen molar-refractivity contribution in [3.8, 4) is 0 Å². The van der Waals surface area contributed by atoms with E-state index in [4.69, 9.17) is 20.9 Å². The highest BCUT2D eigenvalue weighted by Gasteiger charge is 2.12. The van der Waals surface area contributed by atoms with Gasteiger partial charge in [0.15, 0.2) is 24.8 Å². The number of nitrogens with zero attached hydrogens (tertiary/aromatic N) is 8. The van der Waals surface area contributed by atoms with Crippen LogP contribution in [0.15, 0.2) is 25.0 Å². The van der Waals surface area contributed by atoms with E-state index in [0.717, 1.165) is 0 Å². The Morgan fingerprint density at radius 1 is 0.767 bits per heavy atom. The number of hydrogen-bond donors (Lipinski definition) is 2. The third kappa shape index (κ3) is 4.06. The van der Waals surface area contributed by atoms with Gasteiger partial charge in [-0.05, 0) is 0 Å². The number of fused-ring (bicyclic) bond motifs is 2. The van der Waals surface area contributed by atoms with Crippen LogP contribution >= 0.6 is 0 Å². The van der Waals surface area contributed by atoms with Gasteiger partial charge in [0.25, 0.3) is 0 Å². The van der Waals surface area contributed by atoms with Gasteiger partial charge in [0.2, 0.25) is 11.9 Å². The third-order valence-electron chi connectivity index (χ3n) is 4.02. The second-order valence-electron chi connectivity index (χ2n) is 6.09. The summed E-state index contributed by atoms with van der Waals surface area (Å²) >= 11 is 0. The summed E-state index contributed by atoms with van der Waals surface area (Å²) in [5, 5.41) is 0. The van der Waals surface area contributed by atoms with Gasteiger partial charge in [-0.15, -0.1) is 0 Å². The molecule has 0 aromatic carbocycles. The maximum absolute atomic E-state index is 11.9. The molecular formula is C16H16N10O4. The molecule has 0 atom stereocenters. The largest absolute Gasteiger partial charge is 0.444 e. The molecule has 0 saturated heterocycles. The molecule has 0 fully saturated rings. The molecule has 4 N–H and O–H groups in total. The minimum absolute atomic E-state index is 0.0816. The molecule has 4 heterocycles. The molecule has 0 aliphatic carbocycles. The molecule has 0 aliphatic rings. The Hall–Kier alpha value is -4.36. The van der Waals surface area contributed by atoms with Crippen LogP contribution in [0.2, 0.25) is 0 Å². The first-order valence-electron chi connectivity index (χ1n) is 8.67. The first-order valence-corrected chi connectivity index (χ1v) is 8.67. The van der Waals surface area contributed by atoms with Crippen LogP contribution in [0.1, 0.15) is 12.8 Å². The highest BCUT2D eigenvalue weighted by molar-refractivity contribution is 5.77. The summed E-state index contributed by atoms with van der Waals surface area (Å²) < 4.78 is 13.3. The Morgan fingerprint density at radius 3 is 1.63 bits per heavy atom. The number of hydrogen-bond acceptors (Lipinski definition) is 12. The predicted octanol–water partition coefficient (Wildman–Crippen LogP) is -0.388. The standard InChI is InChI=1S/C16H16N10O4/c17-15-19-3-9-13(23-15)25(5-21-9)7-29-11(27)1-2-12(28)30-8-26-6-22-10-4-20-16(18)24-14(10)26/h3-6H,1-2,7-8H2,(H2,17,19,23)(H2,18,20,24). The average molecular weight is 412 g/mol. The molecule has 0 unspecified atom stereocenters. The van der Waals surface area contributed by atoms with Crippen molar-refractivity contribution in [1.82, 2.24) is 39.0 Å². The van der Waals surface area contributed by atoms with E-state index in [9.17, 15) is 9.59 Å². The quantitative estimate of drug-likeness (QED) is 0.374. The van der Waals surface area contributed by atoms with Crippen LogP contribution in [-0.4, -0.2) is 51.0 Å². The number of ether oxygens (including phenoxy) is 2. The first kappa shape index (κ1) is 19.0. The summed E-state index contributed by atoms with van der Waals surface area (Å²) in [7, 11) is 0. The van der Waals surface area contributed by atoms with Gasteiger partial charge in [-0.1, -0.05) is 0 Å². The van der Waals surface area contributed by atoms with E-state index in [-0.39, 0.29) is 38.2 Å². The summed E-state index contributed by atoms with van der Waals surface area (Å²) in [4.78, 5) is 47.8. The highest BCUT2D eigenvalue weighted by atomic mass is 16.5. The molecule has 14 nitrogen and oxygen atoms in total. The number of imidazole rings is 2. The molecule has 0 amide bonds. The number of carbonyl (C=O) groups excluding carboxylic acids is 2. The molecule has 4 rings (SSSR count). The van der Waals surface area contributed by atoms with Gasteiger partial charge >= 0.3 is 11.9 Å². The topological polar surface area (TPSA) is 192 Å². The van der Waals surface area contributed by atoms with Crippen LogP contribution in [0.4, 0.5) is 11.9 Å². The van der Waals surface area contributed by atoms with Crippen molar-refractivity contribution in [3.63, 3.8) is 0 Å². The molecule has 0 spiro atoms. The highest BCUT2D eigenvalue weighted by Crippen LogP contribution is 2.11. The van der Waals surface area contributed by atoms with E-state index in [1.165, 1.54) is 34.2 Å². The lowest BCUT2D eigenvalue weighted by Gasteiger charge is -2.07. The zero-order valence-electron chi connectivity index (χ0n) is 15.5. The van der Waals surface area contributed by atoms with E-state index in [0.29, 0.717) is 22.3 Å². The Morgan fingerprint density at radius 2 is 1.20 bits per heavy atom. The number of rotatable bonds is 7. The van der Waals surface area contributed by atoms with Crippen molar-refractivity contribution in [3.05, 3.63) is 25.0 Å². The number of carbonyl (C=O) groups is 2. The van der Waals surface area contributed by atoms with Crippen LogP contribution < -0.4 is 11.5 Å². The Labute approximate surface area is 167 Å². The van der Waals surface area contributed by atoms with E-state index in [1.807, 2.05) is 0 Å². The molecular weight excluding hydrogens is 396 g/mol. The molecule has 0 bridgehead atoms. The lowest BCUT2D eigenvalue weighted by molar-refractivity contribution is -0.154. The number of anilines is 2. The van der Waals surface area contributed by atoms with Crippen molar-refractivity contribution >= 4 is 46.2 Å². The van der Waals surface area contributed by atoms with Gasteiger partial charge in [0.1, 0.15) is 11.0 Å². The fourth-order valence-electron chi connectivity index (χ4n) is 2.56. The van der Waals surface area contributed by atoms with Gasteiger partial charge in [-0.2, -0.15) is 9.97 Å². The van der Waals surface area contributed by atoms with E-state index in [1.54, 1.807) is 0 Å².